The number of allylic oxidation sites excluding steroid dienone is 5. The minimum atomic E-state index is 0.935. The van der Waals surface area contributed by atoms with Gasteiger partial charge in [0.1, 0.15) is 0 Å². The summed E-state index contributed by atoms with van der Waals surface area (Å²) in [5, 5.41) is 0. The molecule has 0 N–H and O–H groups in total. The van der Waals surface area contributed by atoms with Gasteiger partial charge < -0.3 is 4.90 Å². The second kappa shape index (κ2) is 5.85. The van der Waals surface area contributed by atoms with Crippen LogP contribution in [-0.4, -0.2) is 18.3 Å². The molecule has 0 aliphatic heterocycles. The van der Waals surface area contributed by atoms with Gasteiger partial charge in [-0.25, -0.2) is 4.99 Å². The van der Waals surface area contributed by atoms with Crippen LogP contribution in [0.15, 0.2) is 71.4 Å². The van der Waals surface area contributed by atoms with Gasteiger partial charge in [-0.3, -0.25) is 0 Å². The highest BCUT2D eigenvalue weighted by Crippen LogP contribution is 2.12. The smallest absolute Gasteiger partial charge is 0.0951 e. The summed E-state index contributed by atoms with van der Waals surface area (Å²) in [5.41, 5.74) is 2.20. The number of para-hydroxylation sites is 1. The van der Waals surface area contributed by atoms with Gasteiger partial charge in [0, 0.05) is 19.2 Å². The molecule has 1 aromatic carbocycles. The fourth-order valence-corrected chi connectivity index (χ4v) is 1.57. The molecule has 2 nitrogen and oxygen atoms in total. The Hall–Kier alpha value is -2.09. The Morgan fingerprint density at radius 2 is 1.94 bits per heavy atom. The lowest BCUT2D eigenvalue weighted by molar-refractivity contribution is 0.628. The van der Waals surface area contributed by atoms with E-state index in [0.717, 1.165) is 12.1 Å². The van der Waals surface area contributed by atoms with Gasteiger partial charge in [0.2, 0.25) is 0 Å². The predicted octanol–water partition coefficient (Wildman–Crippen LogP) is 3.68. The molecular formula is C15H16N2. The van der Waals surface area contributed by atoms with Crippen molar-refractivity contribution in [1.82, 2.24) is 4.90 Å². The first kappa shape index (κ1) is 11.4. The number of rotatable bonds is 3. The summed E-state index contributed by atoms with van der Waals surface area (Å²) >= 11 is 0. The maximum atomic E-state index is 4.42. The van der Waals surface area contributed by atoms with E-state index >= 15 is 0 Å². The molecule has 0 heterocycles. The van der Waals surface area contributed by atoms with Crippen molar-refractivity contribution in [3.8, 4) is 0 Å². The van der Waals surface area contributed by atoms with Crippen molar-refractivity contribution in [2.45, 2.75) is 6.42 Å². The monoisotopic (exact) mass is 224 g/mol. The van der Waals surface area contributed by atoms with Crippen LogP contribution in [0.3, 0.4) is 0 Å². The van der Waals surface area contributed by atoms with Gasteiger partial charge in [-0.1, -0.05) is 42.5 Å². The van der Waals surface area contributed by atoms with Crippen molar-refractivity contribution in [3.63, 3.8) is 0 Å². The van der Waals surface area contributed by atoms with E-state index in [1.165, 1.54) is 5.70 Å². The highest BCUT2D eigenvalue weighted by atomic mass is 15.1. The molecule has 86 valence electrons. The van der Waals surface area contributed by atoms with Crippen LogP contribution in [0.1, 0.15) is 6.42 Å². The largest absolute Gasteiger partial charge is 0.339 e. The molecule has 2 rings (SSSR count). The average molecular weight is 224 g/mol. The lowest BCUT2D eigenvalue weighted by atomic mass is 10.3. The Morgan fingerprint density at radius 1 is 1.12 bits per heavy atom. The second-order valence-corrected chi connectivity index (χ2v) is 3.87. The van der Waals surface area contributed by atoms with Crippen LogP contribution < -0.4 is 0 Å². The highest BCUT2D eigenvalue weighted by Gasteiger charge is 2.00. The minimum absolute atomic E-state index is 0.935. The predicted molar refractivity (Wildman–Crippen MR) is 73.3 cm³/mol. The van der Waals surface area contributed by atoms with Crippen LogP contribution in [0.25, 0.3) is 0 Å². The fraction of sp³-hybridized carbons (Fsp3) is 0.133. The second-order valence-electron chi connectivity index (χ2n) is 3.87. The van der Waals surface area contributed by atoms with E-state index in [-0.39, 0.29) is 0 Å². The fourth-order valence-electron chi connectivity index (χ4n) is 1.57. The summed E-state index contributed by atoms with van der Waals surface area (Å²) in [5.74, 6) is 0. The molecular weight excluding hydrogens is 208 g/mol. The van der Waals surface area contributed by atoms with Crippen LogP contribution in [0.2, 0.25) is 0 Å². The molecule has 0 fully saturated rings. The number of nitrogens with zero attached hydrogens (tertiary/aromatic N) is 2. The Labute approximate surface area is 102 Å². The van der Waals surface area contributed by atoms with Crippen LogP contribution in [0.4, 0.5) is 5.69 Å². The standard InChI is InChI=1S/C15H16N2/c1-17(15-11-7-2-3-8-12-15)13-16-14-9-5-4-6-10-14/h2-11,13H,12H2,1H3/b16-13+. The summed E-state index contributed by atoms with van der Waals surface area (Å²) in [6, 6.07) is 9.95. The molecule has 2 heteroatoms. The molecule has 0 saturated heterocycles. The number of benzene rings is 1. The summed E-state index contributed by atoms with van der Waals surface area (Å²) < 4.78 is 0. The number of hydrogen-bond acceptors (Lipinski definition) is 1. The zero-order chi connectivity index (χ0) is 11.9. The average Bonchev–Trinajstić information content (AvgIpc) is 2.66. The van der Waals surface area contributed by atoms with E-state index in [4.69, 9.17) is 0 Å². The molecule has 0 spiro atoms. The van der Waals surface area contributed by atoms with E-state index in [2.05, 4.69) is 23.2 Å². The van der Waals surface area contributed by atoms with Gasteiger partial charge >= 0.3 is 0 Å². The molecule has 1 aliphatic rings. The highest BCUT2D eigenvalue weighted by molar-refractivity contribution is 5.63. The van der Waals surface area contributed by atoms with Crippen molar-refractivity contribution >= 4 is 12.0 Å². The van der Waals surface area contributed by atoms with Crippen molar-refractivity contribution in [3.05, 3.63) is 66.4 Å². The molecule has 0 saturated carbocycles. The lowest BCUT2D eigenvalue weighted by Crippen LogP contribution is -2.14. The molecule has 0 radical (unpaired) electrons. The van der Waals surface area contributed by atoms with Crippen molar-refractivity contribution in [1.29, 1.82) is 0 Å². The molecule has 0 bridgehead atoms. The Kier molecular flexibility index (Phi) is 3.92. The number of aliphatic imine (C=N–C) groups is 1. The van der Waals surface area contributed by atoms with Gasteiger partial charge in [0.25, 0.3) is 0 Å². The molecule has 1 aliphatic carbocycles. The molecule has 0 unspecified atom stereocenters. The molecule has 0 amide bonds. The van der Waals surface area contributed by atoms with E-state index in [0.29, 0.717) is 0 Å². The van der Waals surface area contributed by atoms with Crippen LogP contribution in [0, 0.1) is 0 Å². The van der Waals surface area contributed by atoms with Gasteiger partial charge in [-0.15, -0.1) is 0 Å². The molecule has 17 heavy (non-hydrogen) atoms. The topological polar surface area (TPSA) is 15.6 Å². The third kappa shape index (κ3) is 3.45. The molecule has 1 aromatic rings. The summed E-state index contributed by atoms with van der Waals surface area (Å²) in [6.45, 7) is 0. The first-order chi connectivity index (χ1) is 8.36. The van der Waals surface area contributed by atoms with Crippen molar-refractivity contribution < 1.29 is 0 Å². The van der Waals surface area contributed by atoms with Gasteiger partial charge in [-0.05, 0) is 18.2 Å². The zero-order valence-corrected chi connectivity index (χ0v) is 9.95. The Bertz CT molecular complexity index is 467. The summed E-state index contributed by atoms with van der Waals surface area (Å²) in [6.07, 6.45) is 13.2. The third-order valence-electron chi connectivity index (χ3n) is 2.56. The summed E-state index contributed by atoms with van der Waals surface area (Å²) in [7, 11) is 2.02. The maximum Gasteiger partial charge on any atom is 0.0951 e. The lowest BCUT2D eigenvalue weighted by Gasteiger charge is -2.15. The first-order valence-electron chi connectivity index (χ1n) is 5.71. The number of hydrogen-bond donors (Lipinski definition) is 0. The first-order valence-corrected chi connectivity index (χ1v) is 5.71. The van der Waals surface area contributed by atoms with Crippen LogP contribution in [-0.2, 0) is 0 Å². The van der Waals surface area contributed by atoms with E-state index in [1.54, 1.807) is 0 Å². The van der Waals surface area contributed by atoms with Crippen LogP contribution in [0.5, 0.6) is 0 Å². The molecule has 0 aromatic heterocycles. The van der Waals surface area contributed by atoms with E-state index in [1.807, 2.05) is 60.8 Å². The Balaban J connectivity index is 2.04. The SMILES string of the molecule is CN(/C=N/c1ccccc1)C1=CC=CC=CC1. The molecule has 0 atom stereocenters. The minimum Gasteiger partial charge on any atom is -0.339 e. The van der Waals surface area contributed by atoms with Gasteiger partial charge in [0.15, 0.2) is 0 Å². The quantitative estimate of drug-likeness (QED) is 0.565. The van der Waals surface area contributed by atoms with Gasteiger partial charge in [-0.2, -0.15) is 0 Å². The van der Waals surface area contributed by atoms with E-state index < -0.39 is 0 Å². The third-order valence-corrected chi connectivity index (χ3v) is 2.56. The van der Waals surface area contributed by atoms with Crippen molar-refractivity contribution in [2.75, 3.05) is 7.05 Å². The van der Waals surface area contributed by atoms with E-state index in [9.17, 15) is 0 Å². The van der Waals surface area contributed by atoms with Crippen molar-refractivity contribution in [2.24, 2.45) is 4.99 Å². The summed E-state index contributed by atoms with van der Waals surface area (Å²) in [4.78, 5) is 6.47. The maximum absolute atomic E-state index is 4.42. The Morgan fingerprint density at radius 3 is 2.76 bits per heavy atom. The zero-order valence-electron chi connectivity index (χ0n) is 9.95. The normalized spacial score (nSPS) is 14.8. The van der Waals surface area contributed by atoms with Crippen LogP contribution >= 0.6 is 0 Å². The van der Waals surface area contributed by atoms with Gasteiger partial charge in [0.05, 0.1) is 12.0 Å².